The minimum Gasteiger partial charge on any atom is -0.493 e. The van der Waals surface area contributed by atoms with Crippen molar-refractivity contribution < 1.29 is 24.1 Å². The Labute approximate surface area is 118 Å². The van der Waals surface area contributed by atoms with Gasteiger partial charge in [0.05, 0.1) is 27.2 Å². The fourth-order valence-electron chi connectivity index (χ4n) is 2.57. The van der Waals surface area contributed by atoms with Crippen molar-refractivity contribution in [1.82, 2.24) is 0 Å². The molecule has 2 unspecified atom stereocenters. The van der Waals surface area contributed by atoms with Crippen LogP contribution >= 0.6 is 0 Å². The first-order valence-corrected chi connectivity index (χ1v) is 6.63. The van der Waals surface area contributed by atoms with Gasteiger partial charge in [-0.2, -0.15) is 0 Å². The minimum absolute atomic E-state index is 0.166. The van der Waals surface area contributed by atoms with Crippen molar-refractivity contribution in [2.75, 3.05) is 21.3 Å². The maximum absolute atomic E-state index is 10.8. The molecule has 1 aromatic rings. The SMILES string of the molecule is COc1ccc(CCC2CC2C(=O)O)c(OC)c1OC. The third-order valence-corrected chi connectivity index (χ3v) is 3.81. The van der Waals surface area contributed by atoms with Gasteiger partial charge in [-0.25, -0.2) is 0 Å². The van der Waals surface area contributed by atoms with Gasteiger partial charge in [-0.05, 0) is 36.8 Å². The quantitative estimate of drug-likeness (QED) is 0.830. The van der Waals surface area contributed by atoms with E-state index in [0.717, 1.165) is 24.8 Å². The fraction of sp³-hybridized carbons (Fsp3) is 0.533. The van der Waals surface area contributed by atoms with Crippen LogP contribution in [-0.2, 0) is 11.2 Å². The minimum atomic E-state index is -0.686. The van der Waals surface area contributed by atoms with E-state index in [9.17, 15) is 4.79 Å². The Morgan fingerprint density at radius 2 is 1.90 bits per heavy atom. The van der Waals surface area contributed by atoms with Gasteiger partial charge in [0.1, 0.15) is 0 Å². The van der Waals surface area contributed by atoms with Gasteiger partial charge < -0.3 is 19.3 Å². The van der Waals surface area contributed by atoms with Crippen molar-refractivity contribution in [2.24, 2.45) is 11.8 Å². The molecule has 1 N–H and O–H groups in total. The van der Waals surface area contributed by atoms with E-state index in [1.807, 2.05) is 12.1 Å². The number of methoxy groups -OCH3 is 3. The zero-order valence-electron chi connectivity index (χ0n) is 12.0. The van der Waals surface area contributed by atoms with E-state index < -0.39 is 5.97 Å². The lowest BCUT2D eigenvalue weighted by Crippen LogP contribution is -2.02. The molecule has 0 bridgehead atoms. The Morgan fingerprint density at radius 3 is 2.40 bits per heavy atom. The van der Waals surface area contributed by atoms with E-state index in [-0.39, 0.29) is 11.8 Å². The molecule has 110 valence electrons. The molecule has 20 heavy (non-hydrogen) atoms. The van der Waals surface area contributed by atoms with Crippen molar-refractivity contribution in [3.63, 3.8) is 0 Å². The standard InChI is InChI=1S/C15H20O5/c1-18-12-7-6-9(13(19-2)14(12)20-3)4-5-10-8-11(10)15(16)17/h6-7,10-11H,4-5,8H2,1-3H3,(H,16,17). The molecule has 0 radical (unpaired) electrons. The Balaban J connectivity index is 2.10. The third kappa shape index (κ3) is 2.81. The number of hydrogen-bond acceptors (Lipinski definition) is 4. The van der Waals surface area contributed by atoms with E-state index in [1.165, 1.54) is 0 Å². The van der Waals surface area contributed by atoms with Crippen LogP contribution in [0.4, 0.5) is 0 Å². The average molecular weight is 280 g/mol. The molecule has 1 aromatic carbocycles. The maximum atomic E-state index is 10.8. The monoisotopic (exact) mass is 280 g/mol. The van der Waals surface area contributed by atoms with Crippen molar-refractivity contribution in [3.05, 3.63) is 17.7 Å². The van der Waals surface area contributed by atoms with Gasteiger partial charge in [-0.15, -0.1) is 0 Å². The number of carboxylic acid groups (broad SMARTS) is 1. The molecule has 2 rings (SSSR count). The lowest BCUT2D eigenvalue weighted by Gasteiger charge is -2.15. The lowest BCUT2D eigenvalue weighted by atomic mass is 10.0. The van der Waals surface area contributed by atoms with E-state index >= 15 is 0 Å². The summed E-state index contributed by atoms with van der Waals surface area (Å²) < 4.78 is 16.0. The predicted molar refractivity (Wildman–Crippen MR) is 73.7 cm³/mol. The normalized spacial score (nSPS) is 20.4. The summed E-state index contributed by atoms with van der Waals surface area (Å²) >= 11 is 0. The topological polar surface area (TPSA) is 65.0 Å². The molecule has 1 fully saturated rings. The zero-order chi connectivity index (χ0) is 14.7. The number of carboxylic acids is 1. The van der Waals surface area contributed by atoms with Gasteiger partial charge in [0.25, 0.3) is 0 Å². The van der Waals surface area contributed by atoms with Crippen LogP contribution in [0, 0.1) is 11.8 Å². The highest BCUT2D eigenvalue weighted by Crippen LogP contribution is 2.44. The molecular weight excluding hydrogens is 260 g/mol. The first-order chi connectivity index (χ1) is 9.62. The number of aliphatic carboxylic acids is 1. The van der Waals surface area contributed by atoms with Crippen LogP contribution in [0.3, 0.4) is 0 Å². The summed E-state index contributed by atoms with van der Waals surface area (Å²) in [6.45, 7) is 0. The van der Waals surface area contributed by atoms with Crippen LogP contribution in [0.2, 0.25) is 0 Å². The predicted octanol–water partition coefficient (Wildman–Crippen LogP) is 2.37. The summed E-state index contributed by atoms with van der Waals surface area (Å²) in [5.41, 5.74) is 1.01. The molecule has 0 aliphatic heterocycles. The second-order valence-corrected chi connectivity index (χ2v) is 4.97. The second-order valence-electron chi connectivity index (χ2n) is 4.97. The van der Waals surface area contributed by atoms with E-state index in [2.05, 4.69) is 0 Å². The second kappa shape index (κ2) is 6.03. The van der Waals surface area contributed by atoms with Crippen molar-refractivity contribution in [2.45, 2.75) is 19.3 Å². The molecule has 0 saturated heterocycles. The van der Waals surface area contributed by atoms with Crippen LogP contribution in [0.1, 0.15) is 18.4 Å². The van der Waals surface area contributed by atoms with Gasteiger partial charge in [0.15, 0.2) is 11.5 Å². The van der Waals surface area contributed by atoms with Gasteiger partial charge in [0, 0.05) is 0 Å². The summed E-state index contributed by atoms with van der Waals surface area (Å²) in [4.78, 5) is 10.8. The largest absolute Gasteiger partial charge is 0.493 e. The first-order valence-electron chi connectivity index (χ1n) is 6.63. The molecule has 1 aliphatic rings. The van der Waals surface area contributed by atoms with Gasteiger partial charge >= 0.3 is 5.97 Å². The number of aryl methyl sites for hydroxylation is 1. The van der Waals surface area contributed by atoms with Gasteiger partial charge in [-0.3, -0.25) is 4.79 Å². The van der Waals surface area contributed by atoms with Crippen LogP contribution in [0.15, 0.2) is 12.1 Å². The summed E-state index contributed by atoms with van der Waals surface area (Å²) in [5.74, 6) is 1.31. The molecule has 2 atom stereocenters. The molecule has 0 spiro atoms. The highest BCUT2D eigenvalue weighted by atomic mass is 16.5. The Kier molecular flexibility index (Phi) is 4.37. The van der Waals surface area contributed by atoms with Gasteiger partial charge in [-0.1, -0.05) is 6.07 Å². The molecule has 1 saturated carbocycles. The highest BCUT2D eigenvalue weighted by molar-refractivity contribution is 5.73. The van der Waals surface area contributed by atoms with Crippen LogP contribution < -0.4 is 14.2 Å². The molecular formula is C15H20O5. The Morgan fingerprint density at radius 1 is 1.20 bits per heavy atom. The van der Waals surface area contributed by atoms with E-state index in [4.69, 9.17) is 19.3 Å². The van der Waals surface area contributed by atoms with Crippen LogP contribution in [0.25, 0.3) is 0 Å². The molecule has 5 heteroatoms. The Bertz CT molecular complexity index is 497. The van der Waals surface area contributed by atoms with Crippen molar-refractivity contribution >= 4 is 5.97 Å². The third-order valence-electron chi connectivity index (χ3n) is 3.81. The number of rotatable bonds is 7. The molecule has 5 nitrogen and oxygen atoms in total. The first kappa shape index (κ1) is 14.5. The van der Waals surface area contributed by atoms with Crippen molar-refractivity contribution in [3.8, 4) is 17.2 Å². The molecule has 0 heterocycles. The fourth-order valence-corrected chi connectivity index (χ4v) is 2.57. The molecule has 0 amide bonds. The van der Waals surface area contributed by atoms with Crippen molar-refractivity contribution in [1.29, 1.82) is 0 Å². The Hall–Kier alpha value is -1.91. The zero-order valence-corrected chi connectivity index (χ0v) is 12.0. The number of ether oxygens (including phenoxy) is 3. The van der Waals surface area contributed by atoms with Gasteiger partial charge in [0.2, 0.25) is 5.75 Å². The molecule has 0 aromatic heterocycles. The van der Waals surface area contributed by atoms with E-state index in [0.29, 0.717) is 17.2 Å². The average Bonchev–Trinajstić information content (AvgIpc) is 3.23. The summed E-state index contributed by atoms with van der Waals surface area (Å²) in [7, 11) is 4.75. The van der Waals surface area contributed by atoms with E-state index in [1.54, 1.807) is 21.3 Å². The highest BCUT2D eigenvalue weighted by Gasteiger charge is 2.42. The summed E-state index contributed by atoms with van der Waals surface area (Å²) in [5, 5.41) is 8.91. The van der Waals surface area contributed by atoms with Crippen LogP contribution in [-0.4, -0.2) is 32.4 Å². The number of carbonyl (C=O) groups is 1. The maximum Gasteiger partial charge on any atom is 0.306 e. The smallest absolute Gasteiger partial charge is 0.306 e. The lowest BCUT2D eigenvalue weighted by molar-refractivity contribution is -0.138. The number of hydrogen-bond donors (Lipinski definition) is 1. The van der Waals surface area contributed by atoms with Crippen LogP contribution in [0.5, 0.6) is 17.2 Å². The number of benzene rings is 1. The summed E-state index contributed by atoms with van der Waals surface area (Å²) in [6, 6.07) is 3.79. The molecule has 1 aliphatic carbocycles. The summed E-state index contributed by atoms with van der Waals surface area (Å²) in [6.07, 6.45) is 2.41.